The number of para-hydroxylation sites is 2. The van der Waals surface area contributed by atoms with Gasteiger partial charge in [0.05, 0.1) is 10.8 Å². The first kappa shape index (κ1) is 44.6. The van der Waals surface area contributed by atoms with Crippen molar-refractivity contribution in [3.05, 3.63) is 95.0 Å². The Labute approximate surface area is 373 Å². The molecule has 0 unspecified atom stereocenters. The van der Waals surface area contributed by atoms with Gasteiger partial charge in [-0.15, -0.1) is 0 Å². The highest BCUT2D eigenvalue weighted by atomic mass is 16.8. The lowest BCUT2D eigenvalue weighted by atomic mass is 9.60. The van der Waals surface area contributed by atoms with Gasteiger partial charge in [0, 0.05) is 74.3 Å². The van der Waals surface area contributed by atoms with Crippen LogP contribution < -0.4 is 0 Å². The van der Waals surface area contributed by atoms with Gasteiger partial charge in [-0.2, -0.15) is 9.15 Å². The molecule has 6 aliphatic rings. The molecule has 0 amide bonds. The van der Waals surface area contributed by atoms with Crippen LogP contribution in [0.25, 0.3) is 0 Å². The lowest BCUT2D eigenvalue weighted by Gasteiger charge is -2.50. The van der Waals surface area contributed by atoms with E-state index in [9.17, 15) is 19.5 Å². The maximum absolute atomic E-state index is 13.6. The summed E-state index contributed by atoms with van der Waals surface area (Å²) in [5, 5.41) is 11.2. The second-order valence-electron chi connectivity index (χ2n) is 20.5. The third-order valence-electron chi connectivity index (χ3n) is 15.7. The quantitative estimate of drug-likeness (QED) is 0.0971. The minimum atomic E-state index is -1.25. The number of carbonyl (C=O) groups excluding carboxylic acids is 3. The summed E-state index contributed by atoms with van der Waals surface area (Å²) in [5.41, 5.74) is 6.42. The van der Waals surface area contributed by atoms with E-state index in [1.807, 2.05) is 6.08 Å². The van der Waals surface area contributed by atoms with Crippen molar-refractivity contribution in [2.24, 2.45) is 17.3 Å². The molecule has 0 aromatic heterocycles. The smallest absolute Gasteiger partial charge is 0.348 e. The van der Waals surface area contributed by atoms with Gasteiger partial charge in [0.25, 0.3) is 17.5 Å². The van der Waals surface area contributed by atoms with Crippen LogP contribution in [0.15, 0.2) is 83.9 Å². The van der Waals surface area contributed by atoms with Crippen molar-refractivity contribution >= 4 is 40.7 Å². The van der Waals surface area contributed by atoms with Gasteiger partial charge < -0.3 is 24.1 Å². The highest BCUT2D eigenvalue weighted by molar-refractivity contribution is 6.16. The molecule has 0 bridgehead atoms. The van der Waals surface area contributed by atoms with Gasteiger partial charge in [-0.1, -0.05) is 83.0 Å². The normalized spacial score (nSPS) is 27.7. The zero-order chi connectivity index (χ0) is 45.0. The van der Waals surface area contributed by atoms with Crippen molar-refractivity contribution in [3.8, 4) is 0 Å². The van der Waals surface area contributed by atoms with E-state index in [-0.39, 0.29) is 33.3 Å². The molecule has 4 heterocycles. The zero-order valence-electron chi connectivity index (χ0n) is 38.8. The van der Waals surface area contributed by atoms with Gasteiger partial charge in [-0.05, 0) is 76.7 Å². The van der Waals surface area contributed by atoms with Crippen LogP contribution >= 0.6 is 0 Å². The fraction of sp³-hybridized carbons (Fsp3) is 0.566. The van der Waals surface area contributed by atoms with Crippen molar-refractivity contribution in [1.29, 1.82) is 0 Å². The Hall–Kier alpha value is -4.99. The van der Waals surface area contributed by atoms with Gasteiger partial charge in [0.1, 0.15) is 24.2 Å². The second-order valence-corrected chi connectivity index (χ2v) is 20.5. The molecule has 0 radical (unpaired) electrons. The molecule has 2 saturated carbocycles. The van der Waals surface area contributed by atoms with Crippen LogP contribution in [0.4, 0.5) is 11.4 Å². The van der Waals surface area contributed by atoms with E-state index in [0.29, 0.717) is 43.9 Å². The predicted octanol–water partition coefficient (Wildman–Crippen LogP) is 10.9. The fourth-order valence-electron chi connectivity index (χ4n) is 11.6. The average molecular weight is 861 g/mol. The van der Waals surface area contributed by atoms with Gasteiger partial charge in [-0.25, -0.2) is 14.4 Å². The SMILES string of the molecule is CCCC[N+]1=C(C=CC2=C(O)OC3(CCC(C(C)(C)C4CCC5(CC4)OC(=O)C(=CCC4=[N+](CCCC)c6ccccc6C4(C)C)C(=O)O5)CC3)OC2=O)C(C)(C)c2ccccc21. The van der Waals surface area contributed by atoms with Crippen molar-refractivity contribution in [1.82, 2.24) is 0 Å². The summed E-state index contributed by atoms with van der Waals surface area (Å²) >= 11 is 0. The molecule has 2 aromatic carbocycles. The first-order valence-electron chi connectivity index (χ1n) is 23.7. The van der Waals surface area contributed by atoms with Crippen LogP contribution in [0.2, 0.25) is 0 Å². The molecule has 2 aliphatic carbocycles. The summed E-state index contributed by atoms with van der Waals surface area (Å²) < 4.78 is 29.0. The third-order valence-corrected chi connectivity index (χ3v) is 15.7. The van der Waals surface area contributed by atoms with Gasteiger partial charge >= 0.3 is 17.9 Å². The molecule has 63 heavy (non-hydrogen) atoms. The third kappa shape index (κ3) is 7.98. The van der Waals surface area contributed by atoms with Crippen LogP contribution in [0.5, 0.6) is 0 Å². The Balaban J connectivity index is 0.880. The number of aliphatic hydroxyl groups excluding tert-OH is 1. The lowest BCUT2D eigenvalue weighted by molar-refractivity contribution is -0.440. The molecule has 1 saturated heterocycles. The van der Waals surface area contributed by atoms with E-state index in [1.165, 1.54) is 22.5 Å². The molecule has 3 fully saturated rings. The van der Waals surface area contributed by atoms with Crippen LogP contribution in [-0.4, -0.2) is 68.3 Å². The van der Waals surface area contributed by atoms with E-state index in [1.54, 1.807) is 12.2 Å². The number of ether oxygens (including phenoxy) is 4. The van der Waals surface area contributed by atoms with Gasteiger partial charge in [-0.3, -0.25) is 0 Å². The number of nitrogens with zero attached hydrogens (tertiary/aromatic N) is 2. The minimum absolute atomic E-state index is 0.0253. The topological polar surface area (TPSA) is 114 Å². The maximum Gasteiger partial charge on any atom is 0.348 e. The van der Waals surface area contributed by atoms with E-state index in [4.69, 9.17) is 18.9 Å². The first-order valence-corrected chi connectivity index (χ1v) is 23.7. The minimum Gasteiger partial charge on any atom is -0.480 e. The Morgan fingerprint density at radius 2 is 1.14 bits per heavy atom. The number of allylic oxidation sites excluding steroid dienone is 2. The molecular formula is C53H68N2O8+2. The molecule has 336 valence electrons. The number of esters is 3. The molecule has 10 nitrogen and oxygen atoms in total. The first-order chi connectivity index (χ1) is 30.0. The fourth-order valence-corrected chi connectivity index (χ4v) is 11.6. The van der Waals surface area contributed by atoms with Crippen molar-refractivity contribution < 1.29 is 47.6 Å². The standard InChI is InChI=1S/C53H67N2O8/c1-9-11-33-54-41-19-15-13-17-39(41)50(5,6)43(54)23-21-37-45(56)60-52(61-46(37)57)29-25-35(26-30-52)49(3,4)36-27-31-53(32-28-36)62-47(58)38(48(59)63-53)22-24-44-51(7,8)40-18-14-16-20-42(40)55(44)34-12-10-2/h13-23,35-36H,9-12,24-34H2,1-8H3/q+1/p+1. The largest absolute Gasteiger partial charge is 0.480 e. The summed E-state index contributed by atoms with van der Waals surface area (Å²) in [4.78, 5) is 40.8. The Kier molecular flexibility index (Phi) is 11.9. The summed E-state index contributed by atoms with van der Waals surface area (Å²) in [5.74, 6) is -4.01. The molecule has 2 spiro atoms. The number of aliphatic hydroxyl groups is 1. The maximum atomic E-state index is 13.6. The molecule has 1 N–H and O–H groups in total. The van der Waals surface area contributed by atoms with Crippen LogP contribution in [0.1, 0.15) is 150 Å². The van der Waals surface area contributed by atoms with Gasteiger partial charge in [0.15, 0.2) is 11.4 Å². The van der Waals surface area contributed by atoms with Crippen molar-refractivity contribution in [2.45, 2.75) is 161 Å². The Bertz CT molecular complexity index is 2300. The summed E-state index contributed by atoms with van der Waals surface area (Å²) in [6.45, 7) is 19.5. The summed E-state index contributed by atoms with van der Waals surface area (Å²) in [6.07, 6.45) is 14.8. The number of carbonyl (C=O) groups is 3. The lowest BCUT2D eigenvalue weighted by Crippen LogP contribution is -2.51. The van der Waals surface area contributed by atoms with E-state index >= 15 is 0 Å². The highest BCUT2D eigenvalue weighted by Gasteiger charge is 2.54. The van der Waals surface area contributed by atoms with E-state index in [0.717, 1.165) is 75.9 Å². The number of fused-ring (bicyclic) bond motifs is 2. The summed E-state index contributed by atoms with van der Waals surface area (Å²) in [6, 6.07) is 16.9. The van der Waals surface area contributed by atoms with E-state index < -0.39 is 29.5 Å². The Morgan fingerprint density at radius 1 is 0.667 bits per heavy atom. The van der Waals surface area contributed by atoms with Crippen LogP contribution in [0.3, 0.4) is 0 Å². The highest BCUT2D eigenvalue weighted by Crippen LogP contribution is 2.54. The molecule has 10 heteroatoms. The Morgan fingerprint density at radius 3 is 1.68 bits per heavy atom. The van der Waals surface area contributed by atoms with Crippen molar-refractivity contribution in [3.63, 3.8) is 0 Å². The molecule has 2 aromatic rings. The number of rotatable bonds is 12. The second kappa shape index (κ2) is 16.9. The monoisotopic (exact) mass is 860 g/mol. The van der Waals surface area contributed by atoms with E-state index in [2.05, 4.69) is 113 Å². The number of benzene rings is 2. The summed E-state index contributed by atoms with van der Waals surface area (Å²) in [7, 11) is 0. The number of unbranched alkanes of at least 4 members (excludes halogenated alkanes) is 2. The average Bonchev–Trinajstić information content (AvgIpc) is 3.59. The number of hydrogen-bond acceptors (Lipinski definition) is 8. The van der Waals surface area contributed by atoms with Gasteiger partial charge in [0.2, 0.25) is 11.4 Å². The van der Waals surface area contributed by atoms with Crippen LogP contribution in [-0.2, 0) is 44.2 Å². The predicted molar refractivity (Wildman–Crippen MR) is 242 cm³/mol. The van der Waals surface area contributed by atoms with Crippen LogP contribution in [0, 0.1) is 17.3 Å². The number of hydrogen-bond donors (Lipinski definition) is 1. The molecule has 0 atom stereocenters. The van der Waals surface area contributed by atoms with Crippen molar-refractivity contribution in [2.75, 3.05) is 13.1 Å². The molecular weight excluding hydrogens is 793 g/mol. The molecule has 8 rings (SSSR count). The molecule has 4 aliphatic heterocycles. The zero-order valence-corrected chi connectivity index (χ0v) is 38.8.